The van der Waals surface area contributed by atoms with Gasteiger partial charge in [0.1, 0.15) is 10.7 Å². The molecule has 3 rings (SSSR count). The summed E-state index contributed by atoms with van der Waals surface area (Å²) >= 11 is 1.44. The van der Waals surface area contributed by atoms with Gasteiger partial charge in [-0.2, -0.15) is 4.37 Å². The zero-order valence-corrected chi connectivity index (χ0v) is 9.74. The highest BCUT2D eigenvalue weighted by Gasteiger charge is 2.09. The second kappa shape index (κ2) is 3.71. The van der Waals surface area contributed by atoms with Crippen LogP contribution in [0.4, 0.5) is 0 Å². The maximum atomic E-state index is 7.24. The Morgan fingerprint density at radius 2 is 2.18 bits per heavy atom. The normalized spacial score (nSPS) is 11.8. The molecule has 17 heavy (non-hydrogen) atoms. The first-order valence-electron chi connectivity index (χ1n) is 5.13. The van der Waals surface area contributed by atoms with Crippen LogP contribution in [0.5, 0.6) is 0 Å². The standard InChI is InChI=1S/C12H10N4S/c13-11(14)5-6-16-10-4-2-1-3-8(10)9-7-15-17-12(9)16/h1-7H,(H3,13,14). The topological polar surface area (TPSA) is 67.7 Å². The molecule has 3 aromatic rings. The smallest absolute Gasteiger partial charge is 0.128 e. The zero-order valence-electron chi connectivity index (χ0n) is 8.92. The van der Waals surface area contributed by atoms with Crippen molar-refractivity contribution in [3.8, 4) is 0 Å². The average Bonchev–Trinajstić information content (AvgIpc) is 2.87. The fourth-order valence-corrected chi connectivity index (χ4v) is 2.68. The van der Waals surface area contributed by atoms with E-state index >= 15 is 0 Å². The Kier molecular flexibility index (Phi) is 2.19. The predicted octanol–water partition coefficient (Wildman–Crippen LogP) is 2.66. The molecule has 0 spiro atoms. The molecular weight excluding hydrogens is 232 g/mol. The second-order valence-electron chi connectivity index (χ2n) is 3.70. The van der Waals surface area contributed by atoms with E-state index in [1.165, 1.54) is 16.9 Å². The molecule has 0 aliphatic rings. The summed E-state index contributed by atoms with van der Waals surface area (Å²) in [6.07, 6.45) is 5.26. The Hall–Kier alpha value is -2.14. The molecule has 4 nitrogen and oxygen atoms in total. The summed E-state index contributed by atoms with van der Waals surface area (Å²) in [5, 5.41) is 9.55. The van der Waals surface area contributed by atoms with Crippen LogP contribution in [0, 0.1) is 5.41 Å². The second-order valence-corrected chi connectivity index (χ2v) is 4.48. The highest BCUT2D eigenvalue weighted by Crippen LogP contribution is 2.31. The van der Waals surface area contributed by atoms with Gasteiger partial charge in [0.05, 0.1) is 11.7 Å². The molecule has 0 aliphatic carbocycles. The third-order valence-corrected chi connectivity index (χ3v) is 3.43. The summed E-state index contributed by atoms with van der Waals surface area (Å²) in [5.74, 6) is 0.0421. The van der Waals surface area contributed by atoms with E-state index < -0.39 is 0 Å². The van der Waals surface area contributed by atoms with Gasteiger partial charge in [0.15, 0.2) is 0 Å². The Morgan fingerprint density at radius 3 is 3.00 bits per heavy atom. The van der Waals surface area contributed by atoms with Crippen LogP contribution in [-0.4, -0.2) is 14.8 Å². The third kappa shape index (κ3) is 1.52. The molecule has 2 aromatic heterocycles. The van der Waals surface area contributed by atoms with Crippen LogP contribution in [0.3, 0.4) is 0 Å². The van der Waals surface area contributed by atoms with Gasteiger partial charge >= 0.3 is 0 Å². The summed E-state index contributed by atoms with van der Waals surface area (Å²) in [4.78, 5) is 1.07. The van der Waals surface area contributed by atoms with Gasteiger partial charge in [-0.3, -0.25) is 5.41 Å². The molecule has 2 heterocycles. The monoisotopic (exact) mass is 242 g/mol. The van der Waals surface area contributed by atoms with Crippen LogP contribution in [0.25, 0.3) is 27.3 Å². The Morgan fingerprint density at radius 1 is 1.35 bits per heavy atom. The van der Waals surface area contributed by atoms with E-state index in [0.717, 1.165) is 15.7 Å². The van der Waals surface area contributed by atoms with Crippen LogP contribution >= 0.6 is 11.5 Å². The third-order valence-electron chi connectivity index (χ3n) is 2.63. The number of aromatic nitrogens is 2. The first-order chi connectivity index (χ1) is 8.27. The van der Waals surface area contributed by atoms with Crippen molar-refractivity contribution in [1.29, 1.82) is 5.41 Å². The molecule has 0 saturated carbocycles. The molecule has 84 valence electrons. The summed E-state index contributed by atoms with van der Waals surface area (Å²) < 4.78 is 6.22. The van der Waals surface area contributed by atoms with E-state index in [9.17, 15) is 0 Å². The lowest BCUT2D eigenvalue weighted by atomic mass is 10.2. The molecule has 0 fully saturated rings. The Labute approximate surface area is 102 Å². The van der Waals surface area contributed by atoms with E-state index in [2.05, 4.69) is 10.4 Å². The van der Waals surface area contributed by atoms with Crippen LogP contribution in [0.15, 0.2) is 36.5 Å². The van der Waals surface area contributed by atoms with Crippen molar-refractivity contribution in [3.63, 3.8) is 0 Å². The Balaban J connectivity index is 2.38. The van der Waals surface area contributed by atoms with Crippen LogP contribution in [0.2, 0.25) is 0 Å². The molecule has 0 unspecified atom stereocenters. The fraction of sp³-hybridized carbons (Fsp3) is 0. The molecule has 3 N–H and O–H groups in total. The van der Waals surface area contributed by atoms with E-state index in [-0.39, 0.29) is 5.84 Å². The van der Waals surface area contributed by atoms with Crippen molar-refractivity contribution in [2.75, 3.05) is 0 Å². The SMILES string of the molecule is N=C(N)C=Cn1c2ccccc2c2cnsc21. The number of nitrogens with zero attached hydrogens (tertiary/aromatic N) is 2. The summed E-state index contributed by atoms with van der Waals surface area (Å²) in [7, 11) is 0. The van der Waals surface area contributed by atoms with E-state index in [4.69, 9.17) is 11.1 Å². The van der Waals surface area contributed by atoms with E-state index in [1.807, 2.05) is 35.2 Å². The molecule has 0 radical (unpaired) electrons. The minimum Gasteiger partial charge on any atom is -0.384 e. The van der Waals surface area contributed by atoms with Crippen molar-refractivity contribution in [3.05, 3.63) is 36.5 Å². The lowest BCUT2D eigenvalue weighted by Gasteiger charge is -1.97. The number of fused-ring (bicyclic) bond motifs is 3. The molecule has 0 atom stereocenters. The maximum absolute atomic E-state index is 7.24. The molecule has 0 bridgehead atoms. The van der Waals surface area contributed by atoms with E-state index in [1.54, 1.807) is 6.08 Å². The lowest BCUT2D eigenvalue weighted by molar-refractivity contribution is 1.31. The minimum atomic E-state index is 0.0421. The first-order valence-corrected chi connectivity index (χ1v) is 5.90. The quantitative estimate of drug-likeness (QED) is 0.536. The van der Waals surface area contributed by atoms with Gasteiger partial charge in [0.25, 0.3) is 0 Å². The fourth-order valence-electron chi connectivity index (χ4n) is 1.92. The van der Waals surface area contributed by atoms with Crippen molar-refractivity contribution in [2.45, 2.75) is 0 Å². The maximum Gasteiger partial charge on any atom is 0.128 e. The van der Waals surface area contributed by atoms with Gasteiger partial charge < -0.3 is 10.3 Å². The first kappa shape index (κ1) is 10.0. The van der Waals surface area contributed by atoms with Crippen LogP contribution in [0.1, 0.15) is 0 Å². The highest BCUT2D eigenvalue weighted by molar-refractivity contribution is 7.13. The molecule has 0 saturated heterocycles. The van der Waals surface area contributed by atoms with Gasteiger partial charge in [0, 0.05) is 17.0 Å². The largest absolute Gasteiger partial charge is 0.384 e. The molecular formula is C12H10N4S. The van der Waals surface area contributed by atoms with Crippen LogP contribution in [-0.2, 0) is 0 Å². The van der Waals surface area contributed by atoms with Crippen LogP contribution < -0.4 is 5.73 Å². The predicted molar refractivity (Wildman–Crippen MR) is 72.4 cm³/mol. The molecule has 0 aliphatic heterocycles. The van der Waals surface area contributed by atoms with Crippen molar-refractivity contribution in [1.82, 2.24) is 8.94 Å². The number of hydrogen-bond donors (Lipinski definition) is 2. The molecule has 0 amide bonds. The van der Waals surface area contributed by atoms with Crippen molar-refractivity contribution < 1.29 is 0 Å². The summed E-state index contributed by atoms with van der Waals surface area (Å²) in [6.45, 7) is 0. The molecule has 5 heteroatoms. The van der Waals surface area contributed by atoms with E-state index in [0.29, 0.717) is 0 Å². The van der Waals surface area contributed by atoms with Crippen molar-refractivity contribution in [2.24, 2.45) is 5.73 Å². The van der Waals surface area contributed by atoms with Gasteiger partial charge in [-0.05, 0) is 23.7 Å². The number of benzene rings is 1. The number of nitrogens with two attached hydrogens (primary N) is 1. The zero-order chi connectivity index (χ0) is 11.8. The number of nitrogens with one attached hydrogen (secondary N) is 1. The number of amidine groups is 1. The number of para-hydroxylation sites is 1. The summed E-state index contributed by atoms with van der Waals surface area (Å²) in [5.41, 5.74) is 6.45. The average molecular weight is 242 g/mol. The van der Waals surface area contributed by atoms with Gasteiger partial charge in [-0.15, -0.1) is 0 Å². The highest BCUT2D eigenvalue weighted by atomic mass is 32.1. The minimum absolute atomic E-state index is 0.0421. The van der Waals surface area contributed by atoms with Crippen molar-refractivity contribution >= 4 is 44.7 Å². The van der Waals surface area contributed by atoms with Gasteiger partial charge in [-0.25, -0.2) is 0 Å². The Bertz CT molecular complexity index is 735. The summed E-state index contributed by atoms with van der Waals surface area (Å²) in [6, 6.07) is 8.13. The number of hydrogen-bond acceptors (Lipinski definition) is 3. The van der Waals surface area contributed by atoms with Gasteiger partial charge in [-0.1, -0.05) is 18.2 Å². The number of rotatable bonds is 2. The van der Waals surface area contributed by atoms with Gasteiger partial charge in [0.2, 0.25) is 0 Å². The molecule has 1 aromatic carbocycles. The lowest BCUT2D eigenvalue weighted by Crippen LogP contribution is -2.04.